The van der Waals surface area contributed by atoms with E-state index in [1.54, 1.807) is 30.4 Å². The lowest BCUT2D eigenvalue weighted by atomic mass is 9.92. The summed E-state index contributed by atoms with van der Waals surface area (Å²) in [6, 6.07) is 15.4. The number of benzene rings is 2. The fourth-order valence-electron chi connectivity index (χ4n) is 3.59. The average Bonchev–Trinajstić information content (AvgIpc) is 2.69. The molecule has 2 aromatic rings. The first-order chi connectivity index (χ1) is 13.5. The molecule has 0 saturated carbocycles. The molecule has 0 unspecified atom stereocenters. The van der Waals surface area contributed by atoms with Crippen molar-refractivity contribution < 1.29 is 14.7 Å². The molecule has 3 heteroatoms. The van der Waals surface area contributed by atoms with E-state index in [1.165, 1.54) is 16.7 Å². The second kappa shape index (κ2) is 9.32. The number of phenolic OH excluding ortho intramolecular Hbond substituents is 1. The Morgan fingerprint density at radius 2 is 1.25 bits per heavy atom. The minimum atomic E-state index is 0.189. The first kappa shape index (κ1) is 19.8. The third kappa shape index (κ3) is 5.53. The number of carbonyl (C=O) groups excluding carboxylic acids is 2. The molecule has 0 aromatic heterocycles. The van der Waals surface area contributed by atoms with Gasteiger partial charge < -0.3 is 5.11 Å². The fourth-order valence-corrected chi connectivity index (χ4v) is 3.59. The first-order valence-electron chi connectivity index (χ1n) is 9.84. The van der Waals surface area contributed by atoms with Crippen molar-refractivity contribution in [3.63, 3.8) is 0 Å². The van der Waals surface area contributed by atoms with Crippen LogP contribution in [0.3, 0.4) is 0 Å². The van der Waals surface area contributed by atoms with Crippen LogP contribution in [0.2, 0.25) is 0 Å². The van der Waals surface area contributed by atoms with Gasteiger partial charge in [0.15, 0.2) is 11.6 Å². The number of phenols is 1. The molecule has 0 spiro atoms. The quantitative estimate of drug-likeness (QED) is 0.738. The zero-order valence-corrected chi connectivity index (χ0v) is 16.3. The van der Waals surface area contributed by atoms with Crippen LogP contribution in [0.4, 0.5) is 0 Å². The molecule has 0 heterocycles. The lowest BCUT2D eigenvalue weighted by Crippen LogP contribution is -2.01. The van der Waals surface area contributed by atoms with Gasteiger partial charge in [-0.25, -0.2) is 0 Å². The highest BCUT2D eigenvalue weighted by Gasteiger charge is 2.12. The molecule has 0 saturated heterocycles. The zero-order valence-electron chi connectivity index (χ0n) is 16.3. The molecule has 1 N–H and O–H groups in total. The molecule has 0 radical (unpaired) electrons. The first-order valence-corrected chi connectivity index (χ1v) is 9.84. The average molecular weight is 374 g/mol. The van der Waals surface area contributed by atoms with E-state index in [9.17, 15) is 14.7 Å². The molecule has 0 fully saturated rings. The minimum absolute atomic E-state index is 0.189. The number of aromatic hydroxyl groups is 1. The van der Waals surface area contributed by atoms with Gasteiger partial charge in [0.1, 0.15) is 5.75 Å². The number of allylic oxidation sites excluding steroid dienone is 4. The summed E-state index contributed by atoms with van der Waals surface area (Å²) in [5.41, 5.74) is 5.65. The summed E-state index contributed by atoms with van der Waals surface area (Å²) >= 11 is 0. The van der Waals surface area contributed by atoms with Gasteiger partial charge in [-0.15, -0.1) is 0 Å². The Labute approximate surface area is 166 Å². The van der Waals surface area contributed by atoms with E-state index >= 15 is 0 Å². The van der Waals surface area contributed by atoms with E-state index in [1.807, 2.05) is 12.1 Å². The third-order valence-corrected chi connectivity index (χ3v) is 5.01. The Morgan fingerprint density at radius 3 is 1.75 bits per heavy atom. The van der Waals surface area contributed by atoms with Gasteiger partial charge in [0.2, 0.25) is 0 Å². The molecular weight excluding hydrogens is 348 g/mol. The highest BCUT2D eigenvalue weighted by molar-refractivity contribution is 5.99. The van der Waals surface area contributed by atoms with Gasteiger partial charge in [-0.05, 0) is 79.2 Å². The molecule has 144 valence electrons. The second-order valence-electron chi connectivity index (χ2n) is 7.40. The van der Waals surface area contributed by atoms with E-state index in [4.69, 9.17) is 0 Å². The maximum Gasteiger partial charge on any atom is 0.155 e. The van der Waals surface area contributed by atoms with Crippen LogP contribution >= 0.6 is 0 Å². The lowest BCUT2D eigenvalue weighted by molar-refractivity contribution is -0.115. The number of rotatable bonds is 2. The fraction of sp³-hybridized carbons (Fsp3) is 0.280. The number of carbonyl (C=O) groups is 2. The molecule has 0 amide bonds. The van der Waals surface area contributed by atoms with Crippen LogP contribution in [0.1, 0.15) is 55.2 Å². The number of hydrogen-bond donors (Lipinski definition) is 1. The van der Waals surface area contributed by atoms with Crippen LogP contribution in [0.25, 0.3) is 11.1 Å². The van der Waals surface area contributed by atoms with E-state index in [0.29, 0.717) is 6.42 Å². The highest BCUT2D eigenvalue weighted by atomic mass is 16.3. The van der Waals surface area contributed by atoms with Crippen molar-refractivity contribution in [1.82, 2.24) is 0 Å². The monoisotopic (exact) mass is 374 g/mol. The topological polar surface area (TPSA) is 54.4 Å². The molecule has 0 atom stereocenters. The summed E-state index contributed by atoms with van der Waals surface area (Å²) < 4.78 is 0. The van der Waals surface area contributed by atoms with Crippen molar-refractivity contribution in [3.05, 3.63) is 77.4 Å². The molecule has 2 aliphatic rings. The Hall–Kier alpha value is -2.94. The van der Waals surface area contributed by atoms with Crippen molar-refractivity contribution in [2.24, 2.45) is 0 Å². The molecule has 0 aliphatic heterocycles. The van der Waals surface area contributed by atoms with Crippen molar-refractivity contribution >= 4 is 22.7 Å². The predicted octanol–water partition coefficient (Wildman–Crippen LogP) is 5.66. The van der Waals surface area contributed by atoms with Crippen LogP contribution in [0, 0.1) is 6.92 Å². The number of hydrogen-bond acceptors (Lipinski definition) is 3. The minimum Gasteiger partial charge on any atom is -0.508 e. The smallest absolute Gasteiger partial charge is 0.155 e. The van der Waals surface area contributed by atoms with Gasteiger partial charge in [0.25, 0.3) is 0 Å². The van der Waals surface area contributed by atoms with Gasteiger partial charge in [0.05, 0.1) is 0 Å². The van der Waals surface area contributed by atoms with Crippen LogP contribution in [0.5, 0.6) is 5.75 Å². The van der Waals surface area contributed by atoms with Gasteiger partial charge >= 0.3 is 0 Å². The summed E-state index contributed by atoms with van der Waals surface area (Å²) in [6.45, 7) is 2.08. The molecule has 28 heavy (non-hydrogen) atoms. The SMILES string of the molecule is Cc1cccc(C2=CC(=O)CCC2)c1.O=C1C=C(c2cccc(O)c2)CCC1. The number of aryl methyl sites for hydroxylation is 1. The Morgan fingerprint density at radius 1 is 0.714 bits per heavy atom. The van der Waals surface area contributed by atoms with Crippen molar-refractivity contribution in [1.29, 1.82) is 0 Å². The van der Waals surface area contributed by atoms with E-state index in [0.717, 1.165) is 43.2 Å². The van der Waals surface area contributed by atoms with Gasteiger partial charge in [-0.3, -0.25) is 9.59 Å². The van der Waals surface area contributed by atoms with Crippen molar-refractivity contribution in [2.45, 2.75) is 45.4 Å². The number of ketones is 2. The van der Waals surface area contributed by atoms with E-state index in [-0.39, 0.29) is 17.3 Å². The van der Waals surface area contributed by atoms with Crippen LogP contribution < -0.4 is 0 Å². The molecule has 2 aliphatic carbocycles. The zero-order chi connectivity index (χ0) is 19.9. The highest BCUT2D eigenvalue weighted by Crippen LogP contribution is 2.27. The summed E-state index contributed by atoms with van der Waals surface area (Å²) in [6.07, 6.45) is 8.75. The second-order valence-corrected chi connectivity index (χ2v) is 7.40. The molecular formula is C25H26O3. The summed E-state index contributed by atoms with van der Waals surface area (Å²) in [5, 5.41) is 9.30. The van der Waals surface area contributed by atoms with Gasteiger partial charge in [-0.2, -0.15) is 0 Å². The maximum atomic E-state index is 11.3. The van der Waals surface area contributed by atoms with Crippen LogP contribution in [-0.4, -0.2) is 16.7 Å². The molecule has 3 nitrogen and oxygen atoms in total. The van der Waals surface area contributed by atoms with Crippen LogP contribution in [0.15, 0.2) is 60.7 Å². The summed E-state index contributed by atoms with van der Waals surface area (Å²) in [7, 11) is 0. The van der Waals surface area contributed by atoms with E-state index in [2.05, 4.69) is 25.1 Å². The third-order valence-electron chi connectivity index (χ3n) is 5.01. The summed E-state index contributed by atoms with van der Waals surface area (Å²) in [4.78, 5) is 22.4. The molecule has 0 bridgehead atoms. The maximum absolute atomic E-state index is 11.3. The van der Waals surface area contributed by atoms with E-state index < -0.39 is 0 Å². The Balaban J connectivity index is 0.000000161. The summed E-state index contributed by atoms with van der Waals surface area (Å²) in [5.74, 6) is 0.712. The normalized spacial score (nSPS) is 16.6. The Bertz CT molecular complexity index is 857. The van der Waals surface area contributed by atoms with Crippen molar-refractivity contribution in [2.75, 3.05) is 0 Å². The van der Waals surface area contributed by atoms with Crippen molar-refractivity contribution in [3.8, 4) is 5.75 Å². The molecule has 4 rings (SSSR count). The van der Waals surface area contributed by atoms with Crippen LogP contribution in [-0.2, 0) is 9.59 Å². The molecule has 2 aromatic carbocycles. The van der Waals surface area contributed by atoms with Gasteiger partial charge in [0, 0.05) is 12.8 Å². The standard InChI is InChI=1S/C13H14O.C12H12O2/c1-10-4-2-5-11(8-10)12-6-3-7-13(14)9-12;13-11-5-1-3-9(7-11)10-4-2-6-12(14)8-10/h2,4-5,8-9H,3,6-7H2,1H3;1,3,5,7-8,13H,2,4,6H2. The predicted molar refractivity (Wildman–Crippen MR) is 113 cm³/mol. The van der Waals surface area contributed by atoms with Gasteiger partial charge in [-0.1, -0.05) is 42.0 Å². The Kier molecular flexibility index (Phi) is 6.59. The lowest BCUT2D eigenvalue weighted by Gasteiger charge is -2.12. The largest absolute Gasteiger partial charge is 0.508 e.